The summed E-state index contributed by atoms with van der Waals surface area (Å²) in [5.74, 6) is 0. The highest BCUT2D eigenvalue weighted by Gasteiger charge is 2.18. The first-order valence-electron chi connectivity index (χ1n) is 5.97. The van der Waals surface area contributed by atoms with Gasteiger partial charge in [-0.1, -0.05) is 18.5 Å². The van der Waals surface area contributed by atoms with E-state index in [4.69, 9.17) is 16.3 Å². The lowest BCUT2D eigenvalue weighted by Gasteiger charge is -2.32. The predicted molar refractivity (Wildman–Crippen MR) is 69.6 cm³/mol. The van der Waals surface area contributed by atoms with Crippen molar-refractivity contribution >= 4 is 17.3 Å². The molecule has 0 bridgehead atoms. The molecule has 0 amide bonds. The molecular formula is C12H18ClN3O. The number of morpholine rings is 1. The molecule has 2 rings (SSSR count). The quantitative estimate of drug-likeness (QED) is 0.834. The summed E-state index contributed by atoms with van der Waals surface area (Å²) in [4.78, 5) is 6.34. The topological polar surface area (TPSA) is 37.4 Å². The Morgan fingerprint density at radius 2 is 2.53 bits per heavy atom. The van der Waals surface area contributed by atoms with Crippen LogP contribution in [0.2, 0.25) is 5.15 Å². The number of nitrogens with one attached hydrogen (secondary N) is 1. The molecule has 0 aromatic carbocycles. The van der Waals surface area contributed by atoms with Crippen LogP contribution in [-0.2, 0) is 4.74 Å². The summed E-state index contributed by atoms with van der Waals surface area (Å²) in [6.07, 6.45) is 1.95. The number of hydrogen-bond donors (Lipinski definition) is 1. The van der Waals surface area contributed by atoms with E-state index < -0.39 is 0 Å². The molecule has 4 nitrogen and oxygen atoms in total. The van der Waals surface area contributed by atoms with Gasteiger partial charge < -0.3 is 10.1 Å². The van der Waals surface area contributed by atoms with Crippen molar-refractivity contribution in [3.8, 4) is 0 Å². The van der Waals surface area contributed by atoms with Gasteiger partial charge in [-0.15, -0.1) is 0 Å². The van der Waals surface area contributed by atoms with Gasteiger partial charge in [0.2, 0.25) is 0 Å². The van der Waals surface area contributed by atoms with Gasteiger partial charge in [0.1, 0.15) is 5.15 Å². The summed E-state index contributed by atoms with van der Waals surface area (Å²) in [7, 11) is 0. The molecule has 0 radical (unpaired) electrons. The fourth-order valence-corrected chi connectivity index (χ4v) is 2.11. The van der Waals surface area contributed by atoms with E-state index in [-0.39, 0.29) is 6.10 Å². The predicted octanol–water partition coefficient (Wildman–Crippen LogP) is 1.87. The van der Waals surface area contributed by atoms with Crippen LogP contribution in [0.25, 0.3) is 0 Å². The van der Waals surface area contributed by atoms with Crippen LogP contribution in [0.4, 0.5) is 5.69 Å². The van der Waals surface area contributed by atoms with Gasteiger partial charge in [-0.25, -0.2) is 4.98 Å². The van der Waals surface area contributed by atoms with Gasteiger partial charge in [0.25, 0.3) is 0 Å². The zero-order valence-corrected chi connectivity index (χ0v) is 10.8. The number of halogens is 1. The SMILES string of the molecule is CCN1CCOC(CNc2ccnc(Cl)c2)C1. The molecule has 0 spiro atoms. The van der Waals surface area contributed by atoms with E-state index in [0.29, 0.717) is 5.15 Å². The zero-order chi connectivity index (χ0) is 12.1. The lowest BCUT2D eigenvalue weighted by molar-refractivity contribution is -0.0191. The number of likely N-dealkylation sites (N-methyl/N-ethyl adjacent to an activating group) is 1. The maximum Gasteiger partial charge on any atom is 0.131 e. The zero-order valence-electron chi connectivity index (χ0n) is 10.0. The third-order valence-corrected chi connectivity index (χ3v) is 3.14. The van der Waals surface area contributed by atoms with Crippen molar-refractivity contribution in [3.63, 3.8) is 0 Å². The number of hydrogen-bond acceptors (Lipinski definition) is 4. The van der Waals surface area contributed by atoms with Gasteiger partial charge in [-0.05, 0) is 18.7 Å². The maximum atomic E-state index is 5.82. The van der Waals surface area contributed by atoms with Crippen LogP contribution in [0, 0.1) is 0 Å². The average Bonchev–Trinajstić information content (AvgIpc) is 2.37. The van der Waals surface area contributed by atoms with Crippen molar-refractivity contribution < 1.29 is 4.74 Å². The van der Waals surface area contributed by atoms with Crippen LogP contribution >= 0.6 is 11.6 Å². The smallest absolute Gasteiger partial charge is 0.131 e. The summed E-state index contributed by atoms with van der Waals surface area (Å²) in [6.45, 7) is 6.91. The number of ether oxygens (including phenoxy) is 1. The number of rotatable bonds is 4. The van der Waals surface area contributed by atoms with Crippen molar-refractivity contribution in [3.05, 3.63) is 23.5 Å². The summed E-state index contributed by atoms with van der Waals surface area (Å²) in [5, 5.41) is 3.83. The molecule has 1 N–H and O–H groups in total. The van der Waals surface area contributed by atoms with E-state index in [1.54, 1.807) is 6.20 Å². The summed E-state index contributed by atoms with van der Waals surface area (Å²) < 4.78 is 5.71. The van der Waals surface area contributed by atoms with Gasteiger partial charge in [0, 0.05) is 31.5 Å². The minimum absolute atomic E-state index is 0.246. The molecule has 17 heavy (non-hydrogen) atoms. The molecule has 1 aliphatic heterocycles. The largest absolute Gasteiger partial charge is 0.382 e. The third-order valence-electron chi connectivity index (χ3n) is 2.93. The molecule has 2 heterocycles. The van der Waals surface area contributed by atoms with E-state index in [1.807, 2.05) is 12.1 Å². The number of pyridine rings is 1. The first kappa shape index (κ1) is 12.6. The Kier molecular flexibility index (Phi) is 4.59. The second kappa shape index (κ2) is 6.19. The van der Waals surface area contributed by atoms with Crippen molar-refractivity contribution in [2.45, 2.75) is 13.0 Å². The Morgan fingerprint density at radius 3 is 3.29 bits per heavy atom. The number of nitrogens with zero attached hydrogens (tertiary/aromatic N) is 2. The Balaban J connectivity index is 1.81. The van der Waals surface area contributed by atoms with E-state index in [1.165, 1.54) is 0 Å². The van der Waals surface area contributed by atoms with E-state index in [0.717, 1.165) is 38.5 Å². The minimum atomic E-state index is 0.246. The summed E-state index contributed by atoms with van der Waals surface area (Å²) in [6, 6.07) is 3.73. The Labute approximate surface area is 107 Å². The third kappa shape index (κ3) is 3.84. The number of aromatic nitrogens is 1. The van der Waals surface area contributed by atoms with Crippen LogP contribution < -0.4 is 5.32 Å². The van der Waals surface area contributed by atoms with Gasteiger partial charge >= 0.3 is 0 Å². The van der Waals surface area contributed by atoms with Crippen LogP contribution in [-0.4, -0.2) is 48.8 Å². The highest BCUT2D eigenvalue weighted by Crippen LogP contribution is 2.13. The fraction of sp³-hybridized carbons (Fsp3) is 0.583. The highest BCUT2D eigenvalue weighted by atomic mass is 35.5. The monoisotopic (exact) mass is 255 g/mol. The van der Waals surface area contributed by atoms with E-state index in [2.05, 4.69) is 22.1 Å². The van der Waals surface area contributed by atoms with Gasteiger partial charge in [0.15, 0.2) is 0 Å². The second-order valence-corrected chi connectivity index (χ2v) is 4.52. The standard InChI is InChI=1S/C12H18ClN3O/c1-2-16-5-6-17-11(9-16)8-15-10-3-4-14-12(13)7-10/h3-4,7,11H,2,5-6,8-9H2,1H3,(H,14,15). The summed E-state index contributed by atoms with van der Waals surface area (Å²) >= 11 is 5.82. The molecule has 1 aromatic heterocycles. The van der Waals surface area contributed by atoms with Crippen LogP contribution in [0.1, 0.15) is 6.92 Å². The molecule has 0 aliphatic carbocycles. The molecule has 0 saturated carbocycles. The molecular weight excluding hydrogens is 238 g/mol. The van der Waals surface area contributed by atoms with Gasteiger partial charge in [-0.2, -0.15) is 0 Å². The van der Waals surface area contributed by atoms with Crippen molar-refractivity contribution in [2.75, 3.05) is 38.1 Å². The minimum Gasteiger partial charge on any atom is -0.382 e. The lowest BCUT2D eigenvalue weighted by atomic mass is 10.2. The summed E-state index contributed by atoms with van der Waals surface area (Å²) in [5.41, 5.74) is 0.988. The van der Waals surface area contributed by atoms with Crippen LogP contribution in [0.15, 0.2) is 18.3 Å². The number of anilines is 1. The molecule has 1 unspecified atom stereocenters. The molecule has 1 aromatic rings. The van der Waals surface area contributed by atoms with Crippen LogP contribution in [0.5, 0.6) is 0 Å². The highest BCUT2D eigenvalue weighted by molar-refractivity contribution is 6.29. The fourth-order valence-electron chi connectivity index (χ4n) is 1.94. The second-order valence-electron chi connectivity index (χ2n) is 4.13. The molecule has 1 aliphatic rings. The van der Waals surface area contributed by atoms with Crippen molar-refractivity contribution in [2.24, 2.45) is 0 Å². The van der Waals surface area contributed by atoms with Gasteiger partial charge in [-0.3, -0.25) is 4.90 Å². The van der Waals surface area contributed by atoms with Crippen molar-refractivity contribution in [1.82, 2.24) is 9.88 Å². The van der Waals surface area contributed by atoms with E-state index >= 15 is 0 Å². The average molecular weight is 256 g/mol. The first-order chi connectivity index (χ1) is 8.28. The van der Waals surface area contributed by atoms with E-state index in [9.17, 15) is 0 Å². The van der Waals surface area contributed by atoms with Crippen molar-refractivity contribution in [1.29, 1.82) is 0 Å². The first-order valence-corrected chi connectivity index (χ1v) is 6.35. The van der Waals surface area contributed by atoms with Crippen LogP contribution in [0.3, 0.4) is 0 Å². The molecule has 1 saturated heterocycles. The maximum absolute atomic E-state index is 5.82. The lowest BCUT2D eigenvalue weighted by Crippen LogP contribution is -2.45. The molecule has 5 heteroatoms. The Bertz CT molecular complexity index is 361. The Hall–Kier alpha value is -0.840. The molecule has 1 fully saturated rings. The molecule has 1 atom stereocenters. The molecule has 94 valence electrons. The normalized spacial score (nSPS) is 21.4. The Morgan fingerprint density at radius 1 is 1.65 bits per heavy atom. The van der Waals surface area contributed by atoms with Gasteiger partial charge in [0.05, 0.1) is 12.7 Å².